The van der Waals surface area contributed by atoms with E-state index >= 15 is 0 Å². The first kappa shape index (κ1) is 35.8. The lowest BCUT2D eigenvalue weighted by atomic mass is 9.99. The number of fused-ring (bicyclic) bond motifs is 4. The second kappa shape index (κ2) is 15.9. The number of aliphatic hydroxyl groups excluding tert-OH is 1. The van der Waals surface area contributed by atoms with Gasteiger partial charge in [0.25, 0.3) is 0 Å². The van der Waals surface area contributed by atoms with Gasteiger partial charge in [-0.3, -0.25) is 0 Å². The van der Waals surface area contributed by atoms with E-state index in [4.69, 9.17) is 9.84 Å². The van der Waals surface area contributed by atoms with Gasteiger partial charge >= 0.3 is 5.97 Å². The van der Waals surface area contributed by atoms with Crippen molar-refractivity contribution in [3.05, 3.63) is 145 Å². The summed E-state index contributed by atoms with van der Waals surface area (Å²) in [4.78, 5) is 13.3. The van der Waals surface area contributed by atoms with Crippen LogP contribution in [0.25, 0.3) is 35.8 Å². The largest absolute Gasteiger partial charge is 0.744 e. The van der Waals surface area contributed by atoms with Crippen LogP contribution >= 0.6 is 10.5 Å². The van der Waals surface area contributed by atoms with Crippen molar-refractivity contribution in [3.63, 3.8) is 0 Å². The zero-order chi connectivity index (χ0) is 36.0. The molecule has 1 atom stereocenters. The molecule has 1 heterocycles. The van der Waals surface area contributed by atoms with Gasteiger partial charge in [-0.15, -0.1) is 0 Å². The molecule has 7 nitrogen and oxygen atoms in total. The molecule has 1 unspecified atom stereocenters. The van der Waals surface area contributed by atoms with E-state index in [9.17, 15) is 17.8 Å². The molecule has 6 aromatic carbocycles. The Kier molecular flexibility index (Phi) is 11.1. The molecule has 0 bridgehead atoms. The van der Waals surface area contributed by atoms with Gasteiger partial charge in [0.15, 0.2) is 14.3 Å². The second-order valence-corrected chi connectivity index (χ2v) is 15.6. The number of rotatable bonds is 10. The molecule has 0 aliphatic heterocycles. The molecule has 9 heteroatoms. The van der Waals surface area contributed by atoms with Gasteiger partial charge in [-0.05, 0) is 102 Å². The quantitative estimate of drug-likeness (QED) is 0.0627. The van der Waals surface area contributed by atoms with Crippen molar-refractivity contribution in [1.29, 1.82) is 0 Å². The minimum absolute atomic E-state index is 0.0153. The van der Waals surface area contributed by atoms with Crippen LogP contribution < -0.4 is 10.1 Å². The van der Waals surface area contributed by atoms with Crippen LogP contribution in [0.15, 0.2) is 138 Å². The highest BCUT2D eigenvalue weighted by Crippen LogP contribution is 2.48. The van der Waals surface area contributed by atoms with Gasteiger partial charge in [0, 0.05) is 38.9 Å². The maximum atomic E-state index is 12.3. The van der Waals surface area contributed by atoms with Crippen LogP contribution in [0.5, 0.6) is 5.75 Å². The summed E-state index contributed by atoms with van der Waals surface area (Å²) < 4.78 is 41.9. The third-order valence-electron chi connectivity index (χ3n) is 8.90. The highest BCUT2D eigenvalue weighted by Gasteiger charge is 2.22. The maximum Gasteiger partial charge on any atom is 0.330 e. The number of esters is 1. The van der Waals surface area contributed by atoms with E-state index in [0.29, 0.717) is 28.1 Å². The first-order valence-corrected chi connectivity index (χ1v) is 19.4. The van der Waals surface area contributed by atoms with Crippen molar-refractivity contribution >= 4 is 63.2 Å². The molecule has 0 amide bonds. The summed E-state index contributed by atoms with van der Waals surface area (Å²) in [5.74, 6) is 0.435. The summed E-state index contributed by atoms with van der Waals surface area (Å²) in [6.45, 7) is 4.37. The molecule has 0 spiro atoms. The molecular formula is C42H39NO6S2. The van der Waals surface area contributed by atoms with Crippen LogP contribution in [0.2, 0.25) is 0 Å². The fraction of sp³-hybridized carbons (Fsp3) is 0.167. The van der Waals surface area contributed by atoms with Gasteiger partial charge in [0.05, 0.1) is 4.90 Å². The standard InChI is InChI=1S/C22H23NO5S.C20H17OS/c1-3-15(2)16-6-4-8-18(12-16)28-22(24)14-23-21-9-5-7-17-13-19(29(25,26)27)10-11-20(17)21;21-14-13-15-9-11-16(12-10-15)22-19-7-3-1-5-17(19)18-6-2-4-8-20(18)22/h4-13,15,23H,3,14H2,1-2H3,(H,25,26,27);1-12,21H,13-14H2/q;+1/p-1. The predicted octanol–water partition coefficient (Wildman–Crippen LogP) is 9.54. The zero-order valence-corrected chi connectivity index (χ0v) is 30.0. The topological polar surface area (TPSA) is 116 Å². The van der Waals surface area contributed by atoms with Crippen LogP contribution in [0.4, 0.5) is 5.69 Å². The van der Waals surface area contributed by atoms with Gasteiger partial charge in [0.2, 0.25) is 0 Å². The van der Waals surface area contributed by atoms with E-state index in [1.54, 1.807) is 30.3 Å². The number of carbonyl (C=O) groups excluding carboxylic acids is 1. The summed E-state index contributed by atoms with van der Waals surface area (Å²) >= 11 is 0. The molecule has 0 aliphatic rings. The van der Waals surface area contributed by atoms with Crippen LogP contribution in [0.1, 0.15) is 37.3 Å². The van der Waals surface area contributed by atoms with Crippen molar-refractivity contribution in [2.24, 2.45) is 0 Å². The Morgan fingerprint density at radius 2 is 1.47 bits per heavy atom. The summed E-state index contributed by atoms with van der Waals surface area (Å²) in [5, 5.41) is 16.1. The van der Waals surface area contributed by atoms with Crippen molar-refractivity contribution < 1.29 is 27.6 Å². The average Bonchev–Trinajstić information content (AvgIpc) is 3.48. The molecule has 0 aliphatic carbocycles. The smallest absolute Gasteiger partial charge is 0.330 e. The van der Waals surface area contributed by atoms with Crippen LogP contribution in [0.3, 0.4) is 0 Å². The monoisotopic (exact) mass is 717 g/mol. The van der Waals surface area contributed by atoms with Gasteiger partial charge in [-0.2, -0.15) is 0 Å². The van der Waals surface area contributed by atoms with Crippen LogP contribution in [0, 0.1) is 0 Å². The first-order chi connectivity index (χ1) is 24.7. The third-order valence-corrected chi connectivity index (χ3v) is 12.1. The number of anilines is 1. The van der Waals surface area contributed by atoms with Crippen molar-refractivity contribution in [1.82, 2.24) is 0 Å². The Morgan fingerprint density at radius 3 is 2.12 bits per heavy atom. The zero-order valence-electron chi connectivity index (χ0n) is 28.4. The molecule has 7 rings (SSSR count). The molecule has 0 radical (unpaired) electrons. The molecule has 260 valence electrons. The van der Waals surface area contributed by atoms with Gasteiger partial charge in [-0.1, -0.05) is 80.6 Å². The number of aliphatic hydroxyl groups is 1. The predicted molar refractivity (Wildman–Crippen MR) is 207 cm³/mol. The average molecular weight is 718 g/mol. The number of benzene rings is 6. The fourth-order valence-corrected chi connectivity index (χ4v) is 8.94. The number of hydrogen-bond acceptors (Lipinski definition) is 7. The summed E-state index contributed by atoms with van der Waals surface area (Å²) in [7, 11) is -4.54. The fourth-order valence-electron chi connectivity index (χ4n) is 6.05. The van der Waals surface area contributed by atoms with E-state index < -0.39 is 16.1 Å². The number of nitrogens with one attached hydrogen (secondary N) is 1. The molecule has 0 saturated carbocycles. The summed E-state index contributed by atoms with van der Waals surface area (Å²) in [6.07, 6.45) is 1.72. The Morgan fingerprint density at radius 1 is 0.804 bits per heavy atom. The molecule has 2 N–H and O–H groups in total. The highest BCUT2D eigenvalue weighted by atomic mass is 32.2. The normalized spacial score (nSPS) is 12.0. The summed E-state index contributed by atoms with van der Waals surface area (Å²) in [5.41, 5.74) is 2.95. The SMILES string of the molecule is CCC(C)c1cccc(OC(=O)CNc2cccc3cc(S(=O)(=O)[O-])ccc23)c1.OCCc1ccc(-[s+]2c3ccccc3c3ccccc32)cc1. The Balaban J connectivity index is 0.000000182. The molecule has 1 aromatic heterocycles. The molecule has 7 aromatic rings. The Labute approximate surface area is 300 Å². The molecule has 51 heavy (non-hydrogen) atoms. The molecule has 0 fully saturated rings. The number of thiophene rings is 1. The minimum Gasteiger partial charge on any atom is -0.744 e. The van der Waals surface area contributed by atoms with E-state index in [-0.39, 0.29) is 28.5 Å². The van der Waals surface area contributed by atoms with Crippen LogP contribution in [-0.2, 0) is 21.3 Å². The number of ether oxygens (including phenoxy) is 1. The maximum absolute atomic E-state index is 12.3. The van der Waals surface area contributed by atoms with E-state index in [0.717, 1.165) is 18.4 Å². The second-order valence-electron chi connectivity index (χ2n) is 12.3. The van der Waals surface area contributed by atoms with Crippen LogP contribution in [-0.4, -0.2) is 37.2 Å². The lowest BCUT2D eigenvalue weighted by Gasteiger charge is -2.13. The van der Waals surface area contributed by atoms with Gasteiger partial charge in [-0.25, -0.2) is 13.2 Å². The van der Waals surface area contributed by atoms with Gasteiger partial charge in [0.1, 0.15) is 22.4 Å². The van der Waals surface area contributed by atoms with Crippen molar-refractivity contribution in [2.45, 2.75) is 37.5 Å². The summed E-state index contributed by atoms with van der Waals surface area (Å²) in [6, 6.07) is 43.0. The van der Waals surface area contributed by atoms with E-state index in [1.807, 2.05) is 18.2 Å². The minimum atomic E-state index is -4.52. The highest BCUT2D eigenvalue weighted by molar-refractivity contribution is 7.85. The Bertz CT molecular complexity index is 2370. The first-order valence-electron chi connectivity index (χ1n) is 16.8. The van der Waals surface area contributed by atoms with E-state index in [1.165, 1.54) is 42.8 Å². The number of hydrogen-bond donors (Lipinski definition) is 2. The Hall–Kier alpha value is -5.06. The van der Waals surface area contributed by atoms with Gasteiger partial charge < -0.3 is 19.7 Å². The lowest BCUT2D eigenvalue weighted by Crippen LogP contribution is -2.19. The lowest BCUT2D eigenvalue weighted by molar-refractivity contribution is -0.132. The number of carbonyl (C=O) groups is 1. The molecular weight excluding hydrogens is 679 g/mol. The molecule has 0 saturated heterocycles. The van der Waals surface area contributed by atoms with Crippen molar-refractivity contribution in [3.8, 4) is 10.6 Å². The third kappa shape index (κ3) is 8.30. The van der Waals surface area contributed by atoms with Crippen molar-refractivity contribution in [2.75, 3.05) is 18.5 Å². The van der Waals surface area contributed by atoms with E-state index in [2.05, 4.69) is 92.0 Å².